The van der Waals surface area contributed by atoms with Crippen LogP contribution in [0.15, 0.2) is 48.5 Å². The smallest absolute Gasteiger partial charge is 0.242 e. The number of carbonyl (C=O) groups excluding carboxylic acids is 2. The summed E-state index contributed by atoms with van der Waals surface area (Å²) >= 11 is 1.61. The fraction of sp³-hybridized carbons (Fsp3) is 0.433. The van der Waals surface area contributed by atoms with E-state index in [1.165, 1.54) is 5.56 Å². The molecule has 0 spiro atoms. The largest absolute Gasteiger partial charge is 0.378 e. The van der Waals surface area contributed by atoms with Crippen molar-refractivity contribution in [1.82, 2.24) is 14.7 Å². The first-order valence-corrected chi connectivity index (χ1v) is 14.2. The molecule has 7 nitrogen and oxygen atoms in total. The van der Waals surface area contributed by atoms with Gasteiger partial charge in [-0.1, -0.05) is 68.3 Å². The third-order valence-corrected chi connectivity index (χ3v) is 8.33. The van der Waals surface area contributed by atoms with Crippen LogP contribution < -0.4 is 4.90 Å². The minimum Gasteiger partial charge on any atom is -0.378 e. The van der Waals surface area contributed by atoms with Gasteiger partial charge in [-0.3, -0.25) is 14.5 Å². The molecule has 2 aliphatic heterocycles. The second-order valence-corrected chi connectivity index (χ2v) is 12.3. The highest BCUT2D eigenvalue weighted by molar-refractivity contribution is 8.00. The van der Waals surface area contributed by atoms with Crippen molar-refractivity contribution in [2.24, 2.45) is 0 Å². The Labute approximate surface area is 229 Å². The molecule has 1 aromatic heterocycles. The molecular formula is C30H36N4O3S. The van der Waals surface area contributed by atoms with Crippen LogP contribution in [-0.4, -0.2) is 65.1 Å². The van der Waals surface area contributed by atoms with Crippen LogP contribution in [0.3, 0.4) is 0 Å². The van der Waals surface area contributed by atoms with E-state index in [1.807, 2.05) is 16.8 Å². The zero-order chi connectivity index (χ0) is 27.0. The first-order chi connectivity index (χ1) is 18.1. The number of anilines is 1. The van der Waals surface area contributed by atoms with Crippen molar-refractivity contribution in [1.29, 1.82) is 0 Å². The molecule has 3 heterocycles. The second kappa shape index (κ2) is 10.6. The number of carbonyl (C=O) groups is 2. The second-order valence-electron chi connectivity index (χ2n) is 11.2. The van der Waals surface area contributed by atoms with Crippen molar-refractivity contribution >= 4 is 29.4 Å². The summed E-state index contributed by atoms with van der Waals surface area (Å²) in [6.45, 7) is 12.7. The topological polar surface area (TPSA) is 67.7 Å². The number of morpholine rings is 1. The molecule has 3 aromatic rings. The van der Waals surface area contributed by atoms with Gasteiger partial charge in [0.15, 0.2) is 0 Å². The average molecular weight is 533 g/mol. The predicted octanol–water partition coefficient (Wildman–Crippen LogP) is 4.81. The fourth-order valence-corrected chi connectivity index (χ4v) is 6.27. The molecule has 0 aliphatic carbocycles. The number of fused-ring (bicyclic) bond motifs is 1. The van der Waals surface area contributed by atoms with Crippen LogP contribution in [-0.2, 0) is 19.7 Å². The molecule has 2 aliphatic rings. The first kappa shape index (κ1) is 26.5. The Hall–Kier alpha value is -3.10. The molecular weight excluding hydrogens is 496 g/mol. The lowest BCUT2D eigenvalue weighted by molar-refractivity contribution is -0.134. The highest BCUT2D eigenvalue weighted by Crippen LogP contribution is 2.48. The van der Waals surface area contributed by atoms with E-state index >= 15 is 0 Å². The molecule has 38 heavy (non-hydrogen) atoms. The minimum absolute atomic E-state index is 0.0198. The lowest BCUT2D eigenvalue weighted by Crippen LogP contribution is -2.48. The normalized spacial score (nSPS) is 18.3. The molecule has 5 rings (SSSR count). The number of ether oxygens (including phenoxy) is 1. The first-order valence-electron chi connectivity index (χ1n) is 13.2. The van der Waals surface area contributed by atoms with Gasteiger partial charge >= 0.3 is 0 Å². The van der Waals surface area contributed by atoms with E-state index in [9.17, 15) is 9.59 Å². The van der Waals surface area contributed by atoms with Crippen LogP contribution in [0.5, 0.6) is 0 Å². The molecule has 0 unspecified atom stereocenters. The Bertz CT molecular complexity index is 1340. The highest BCUT2D eigenvalue weighted by Gasteiger charge is 2.40. The van der Waals surface area contributed by atoms with Gasteiger partial charge in [-0.25, -0.2) is 4.68 Å². The number of hydrogen-bond acceptors (Lipinski definition) is 5. The Morgan fingerprint density at radius 1 is 1.05 bits per heavy atom. The summed E-state index contributed by atoms with van der Waals surface area (Å²) in [5.74, 6) is 0.824. The highest BCUT2D eigenvalue weighted by atomic mass is 32.2. The van der Waals surface area contributed by atoms with E-state index in [4.69, 9.17) is 9.84 Å². The average Bonchev–Trinajstić information content (AvgIpc) is 3.22. The number of thioether (sulfide) groups is 1. The van der Waals surface area contributed by atoms with Gasteiger partial charge < -0.3 is 9.64 Å². The number of nitrogens with zero attached hydrogens (tertiary/aromatic N) is 4. The van der Waals surface area contributed by atoms with Crippen molar-refractivity contribution in [2.45, 2.75) is 45.3 Å². The maximum atomic E-state index is 13.8. The van der Waals surface area contributed by atoms with Crippen molar-refractivity contribution in [3.05, 3.63) is 76.5 Å². The summed E-state index contributed by atoms with van der Waals surface area (Å²) in [5, 5.41) is 5.08. The SMILES string of the molecule is Cc1ccc(-n2nc(C(C)(C)C)c3c2N(CC(=O)N2CCOCC2)C(=O)CS[C@@H]3c2cccc(C)c2)cc1. The molecule has 0 radical (unpaired) electrons. The van der Waals surface area contributed by atoms with E-state index in [-0.39, 0.29) is 34.8 Å². The predicted molar refractivity (Wildman–Crippen MR) is 152 cm³/mol. The van der Waals surface area contributed by atoms with Crippen molar-refractivity contribution < 1.29 is 14.3 Å². The van der Waals surface area contributed by atoms with Gasteiger partial charge in [0.1, 0.15) is 12.4 Å². The zero-order valence-electron chi connectivity index (χ0n) is 22.9. The number of benzene rings is 2. The Balaban J connectivity index is 1.73. The quantitative estimate of drug-likeness (QED) is 0.482. The summed E-state index contributed by atoms with van der Waals surface area (Å²) in [5.41, 5.74) is 5.98. The maximum Gasteiger partial charge on any atom is 0.242 e. The third-order valence-electron chi connectivity index (χ3n) is 7.08. The van der Waals surface area contributed by atoms with Crippen LogP contribution in [0.25, 0.3) is 5.69 Å². The van der Waals surface area contributed by atoms with Gasteiger partial charge in [-0.05, 0) is 31.5 Å². The number of rotatable bonds is 4. The molecule has 1 fully saturated rings. The standard InChI is InChI=1S/C30H36N4O3S/c1-20-9-11-23(12-10-20)34-29-26(28(31-34)30(3,4)5)27(22-8-6-7-21(2)17-22)38-19-25(36)33(29)18-24(35)32-13-15-37-16-14-32/h6-12,17,27H,13-16,18-19H2,1-5H3/t27-/m1/s1. The summed E-state index contributed by atoms with van der Waals surface area (Å²) in [6.07, 6.45) is 0. The summed E-state index contributed by atoms with van der Waals surface area (Å²) in [4.78, 5) is 30.7. The van der Waals surface area contributed by atoms with Gasteiger partial charge in [0.05, 0.1) is 35.6 Å². The molecule has 2 amide bonds. The lowest BCUT2D eigenvalue weighted by Gasteiger charge is -2.30. The van der Waals surface area contributed by atoms with Crippen molar-refractivity contribution in [3.63, 3.8) is 0 Å². The maximum absolute atomic E-state index is 13.8. The monoisotopic (exact) mass is 532 g/mol. The van der Waals surface area contributed by atoms with Crippen molar-refractivity contribution in [3.8, 4) is 5.69 Å². The summed E-state index contributed by atoms with van der Waals surface area (Å²) in [6, 6.07) is 16.6. The van der Waals surface area contributed by atoms with Gasteiger partial charge in [-0.15, -0.1) is 11.8 Å². The molecule has 1 atom stereocenters. The molecule has 200 valence electrons. The van der Waals surface area contributed by atoms with E-state index in [0.717, 1.165) is 28.1 Å². The number of hydrogen-bond donors (Lipinski definition) is 0. The van der Waals surface area contributed by atoms with Gasteiger partial charge in [0, 0.05) is 24.1 Å². The molecule has 1 saturated heterocycles. The van der Waals surface area contributed by atoms with E-state index in [0.29, 0.717) is 32.1 Å². The number of amides is 2. The van der Waals surface area contributed by atoms with Crippen LogP contribution in [0.4, 0.5) is 5.82 Å². The van der Waals surface area contributed by atoms with E-state index in [2.05, 4.69) is 71.0 Å². The van der Waals surface area contributed by atoms with Gasteiger partial charge in [-0.2, -0.15) is 5.10 Å². The van der Waals surface area contributed by atoms with Crippen LogP contribution in [0.2, 0.25) is 0 Å². The third kappa shape index (κ3) is 5.24. The minimum atomic E-state index is -0.282. The molecule has 0 bridgehead atoms. The molecule has 0 saturated carbocycles. The van der Waals surface area contributed by atoms with Gasteiger partial charge in [0.25, 0.3) is 0 Å². The summed E-state index contributed by atoms with van der Waals surface area (Å²) < 4.78 is 7.33. The molecule has 8 heteroatoms. The van der Waals surface area contributed by atoms with Gasteiger partial charge in [0.2, 0.25) is 11.8 Å². The zero-order valence-corrected chi connectivity index (χ0v) is 23.7. The summed E-state index contributed by atoms with van der Waals surface area (Å²) in [7, 11) is 0. The van der Waals surface area contributed by atoms with E-state index in [1.54, 1.807) is 21.6 Å². The fourth-order valence-electron chi connectivity index (χ4n) is 5.08. The Kier molecular flexibility index (Phi) is 7.38. The van der Waals surface area contributed by atoms with Crippen LogP contribution in [0.1, 0.15) is 54.0 Å². The Morgan fingerprint density at radius 2 is 1.76 bits per heavy atom. The molecule has 2 aromatic carbocycles. The van der Waals surface area contributed by atoms with Crippen molar-refractivity contribution in [2.75, 3.05) is 43.5 Å². The van der Waals surface area contributed by atoms with Crippen LogP contribution >= 0.6 is 11.8 Å². The Morgan fingerprint density at radius 3 is 2.42 bits per heavy atom. The molecule has 0 N–H and O–H groups in total. The number of aromatic nitrogens is 2. The van der Waals surface area contributed by atoms with Crippen LogP contribution in [0, 0.1) is 13.8 Å². The lowest BCUT2D eigenvalue weighted by atomic mass is 9.87. The van der Waals surface area contributed by atoms with E-state index < -0.39 is 0 Å². The number of aryl methyl sites for hydroxylation is 2.